The number of nitrogens with two attached hydrogens (primary N) is 1. The molecule has 6 rings (SSSR count). The maximum atomic E-state index is 13.7. The van der Waals surface area contributed by atoms with Crippen LogP contribution >= 0.6 is 0 Å². The number of nitrogens with one attached hydrogen (secondary N) is 1. The molecule has 0 spiro atoms. The summed E-state index contributed by atoms with van der Waals surface area (Å²) in [6.45, 7) is 3.42. The lowest BCUT2D eigenvalue weighted by Crippen LogP contribution is -2.34. The van der Waals surface area contributed by atoms with Gasteiger partial charge in [0, 0.05) is 31.1 Å². The lowest BCUT2D eigenvalue weighted by molar-refractivity contribution is 0.0947. The van der Waals surface area contributed by atoms with Crippen molar-refractivity contribution >= 4 is 28.8 Å². The lowest BCUT2D eigenvalue weighted by Gasteiger charge is -2.21. The number of aromatic nitrogens is 7. The van der Waals surface area contributed by atoms with Gasteiger partial charge in [0.1, 0.15) is 42.1 Å². The molecule has 1 fully saturated rings. The number of likely N-dealkylation sites (tertiary alicyclic amines) is 1. The average Bonchev–Trinajstić information content (AvgIpc) is 3.80. The fraction of sp³-hybridized carbons (Fsp3) is 0.276. The topological polar surface area (TPSA) is 159 Å². The van der Waals surface area contributed by atoms with E-state index in [2.05, 4.69) is 32.3 Å². The van der Waals surface area contributed by atoms with Crippen molar-refractivity contribution in [3.05, 3.63) is 78.4 Å². The predicted molar refractivity (Wildman–Crippen MR) is 155 cm³/mol. The molecule has 2 atom stereocenters. The second-order valence-corrected chi connectivity index (χ2v) is 10.3. The predicted octanol–water partition coefficient (Wildman–Crippen LogP) is 3.30. The molecular weight excluding hydrogens is 555 g/mol. The van der Waals surface area contributed by atoms with Gasteiger partial charge in [0.25, 0.3) is 5.91 Å². The first-order chi connectivity index (χ1) is 20.8. The Bertz CT molecular complexity index is 1790. The van der Waals surface area contributed by atoms with E-state index in [0.29, 0.717) is 35.6 Å². The van der Waals surface area contributed by atoms with Gasteiger partial charge in [-0.15, -0.1) is 0 Å². The summed E-state index contributed by atoms with van der Waals surface area (Å²) in [6, 6.07) is 11.0. The number of nitrogens with zero attached hydrogens (tertiary/aromatic N) is 8. The SMILES string of the molecule is COc1ccc(F)cc1C(=O)NCc1ccc(-c2nn(C(C)C3CCN(C(=O)n4cncn4)C3)c3ncnc(N)c23)cc1. The van der Waals surface area contributed by atoms with Crippen LogP contribution in [0.3, 0.4) is 0 Å². The van der Waals surface area contributed by atoms with Gasteiger partial charge in [0.15, 0.2) is 5.65 Å². The van der Waals surface area contributed by atoms with Crippen molar-refractivity contribution in [2.24, 2.45) is 5.92 Å². The van der Waals surface area contributed by atoms with Crippen molar-refractivity contribution in [3.63, 3.8) is 0 Å². The smallest absolute Gasteiger partial charge is 0.346 e. The van der Waals surface area contributed by atoms with Crippen molar-refractivity contribution in [3.8, 4) is 17.0 Å². The number of carbonyl (C=O) groups is 2. The summed E-state index contributed by atoms with van der Waals surface area (Å²) >= 11 is 0. The Morgan fingerprint density at radius 3 is 2.72 bits per heavy atom. The number of halogens is 1. The van der Waals surface area contributed by atoms with Crippen molar-refractivity contribution in [1.29, 1.82) is 0 Å². The summed E-state index contributed by atoms with van der Waals surface area (Å²) in [6.07, 6.45) is 4.94. The molecule has 220 valence electrons. The van der Waals surface area contributed by atoms with Gasteiger partial charge in [-0.05, 0) is 37.1 Å². The number of amides is 2. The highest BCUT2D eigenvalue weighted by atomic mass is 19.1. The van der Waals surface area contributed by atoms with Gasteiger partial charge in [-0.3, -0.25) is 4.79 Å². The molecule has 3 N–H and O–H groups in total. The summed E-state index contributed by atoms with van der Waals surface area (Å²) in [5.41, 5.74) is 9.31. The quantitative estimate of drug-likeness (QED) is 0.293. The van der Waals surface area contributed by atoms with Gasteiger partial charge < -0.3 is 20.7 Å². The number of nitrogen functional groups attached to an aromatic ring is 1. The molecule has 2 unspecified atom stereocenters. The second kappa shape index (κ2) is 11.5. The molecule has 1 saturated heterocycles. The van der Waals surface area contributed by atoms with Gasteiger partial charge in [0.05, 0.1) is 24.1 Å². The standard InChI is InChI=1S/C29H29FN10O3/c1-17(20-9-10-38(13-20)29(42)39-16-32-14-36-39)40-27-24(26(31)34-15-35-27)25(37-40)19-5-3-18(4-6-19)12-33-28(41)22-11-21(30)7-8-23(22)43-2/h3-8,11,14-17,20H,9-10,12-13H2,1-2H3,(H,33,41)(H2,31,34,35). The summed E-state index contributed by atoms with van der Waals surface area (Å²) in [4.78, 5) is 39.8. The largest absolute Gasteiger partial charge is 0.496 e. The normalized spacial score (nSPS) is 15.5. The minimum Gasteiger partial charge on any atom is -0.496 e. The van der Waals surface area contributed by atoms with E-state index >= 15 is 0 Å². The number of ether oxygens (including phenoxy) is 1. The molecule has 5 aromatic rings. The number of benzene rings is 2. The van der Waals surface area contributed by atoms with E-state index in [0.717, 1.165) is 23.6 Å². The fourth-order valence-corrected chi connectivity index (χ4v) is 5.40. The zero-order chi connectivity index (χ0) is 30.1. The zero-order valence-corrected chi connectivity index (χ0v) is 23.5. The van der Waals surface area contributed by atoms with Crippen LogP contribution in [0, 0.1) is 11.7 Å². The first kappa shape index (κ1) is 27.8. The van der Waals surface area contributed by atoms with Crippen LogP contribution < -0.4 is 15.8 Å². The Morgan fingerprint density at radius 1 is 1.16 bits per heavy atom. The van der Waals surface area contributed by atoms with Crippen molar-refractivity contribution in [2.45, 2.75) is 25.9 Å². The Balaban J connectivity index is 1.21. The third kappa shape index (κ3) is 5.34. The molecule has 0 bridgehead atoms. The van der Waals surface area contributed by atoms with E-state index < -0.39 is 11.7 Å². The molecule has 14 heteroatoms. The third-order valence-corrected chi connectivity index (χ3v) is 7.78. The van der Waals surface area contributed by atoms with Crippen LogP contribution in [0.25, 0.3) is 22.3 Å². The maximum Gasteiger partial charge on any atom is 0.346 e. The molecule has 4 heterocycles. The first-order valence-electron chi connectivity index (χ1n) is 13.7. The average molecular weight is 585 g/mol. The molecule has 43 heavy (non-hydrogen) atoms. The number of anilines is 1. The molecule has 13 nitrogen and oxygen atoms in total. The summed E-state index contributed by atoms with van der Waals surface area (Å²) < 4.78 is 22.0. The first-order valence-corrected chi connectivity index (χ1v) is 13.7. The van der Waals surface area contributed by atoms with Crippen LogP contribution in [0.4, 0.5) is 15.0 Å². The highest BCUT2D eigenvalue weighted by molar-refractivity contribution is 5.98. The van der Waals surface area contributed by atoms with E-state index in [-0.39, 0.29) is 35.8 Å². The van der Waals surface area contributed by atoms with Gasteiger partial charge in [-0.2, -0.15) is 14.9 Å². The molecule has 0 radical (unpaired) electrons. The summed E-state index contributed by atoms with van der Waals surface area (Å²) in [5, 5.41) is 12.3. The number of methoxy groups -OCH3 is 1. The molecule has 2 amide bonds. The minimum atomic E-state index is -0.523. The van der Waals surface area contributed by atoms with Crippen LogP contribution in [0.1, 0.15) is 35.3 Å². The van der Waals surface area contributed by atoms with Gasteiger partial charge in [-0.1, -0.05) is 24.3 Å². The molecule has 2 aromatic carbocycles. The highest BCUT2D eigenvalue weighted by Gasteiger charge is 2.33. The van der Waals surface area contributed by atoms with Gasteiger partial charge in [-0.25, -0.2) is 28.8 Å². The zero-order valence-electron chi connectivity index (χ0n) is 23.5. The second-order valence-electron chi connectivity index (χ2n) is 10.3. The van der Waals surface area contributed by atoms with Crippen LogP contribution in [-0.4, -0.2) is 71.6 Å². The van der Waals surface area contributed by atoms with Gasteiger partial charge in [0.2, 0.25) is 0 Å². The molecule has 0 saturated carbocycles. The monoisotopic (exact) mass is 584 g/mol. The maximum absolute atomic E-state index is 13.7. The number of carbonyl (C=O) groups excluding carboxylic acids is 2. The minimum absolute atomic E-state index is 0.0894. The van der Waals surface area contributed by atoms with Crippen molar-refractivity contribution in [2.75, 3.05) is 25.9 Å². The Labute approximate surface area is 245 Å². The molecule has 1 aliphatic heterocycles. The molecule has 0 aliphatic carbocycles. The Kier molecular flexibility index (Phi) is 7.40. The van der Waals surface area contributed by atoms with Crippen LogP contribution in [0.5, 0.6) is 5.75 Å². The molecule has 1 aliphatic rings. The summed E-state index contributed by atoms with van der Waals surface area (Å²) in [5.74, 6) is -0.240. The molecule has 3 aromatic heterocycles. The third-order valence-electron chi connectivity index (χ3n) is 7.78. The Hall–Kier alpha value is -5.40. The number of hydrogen-bond acceptors (Lipinski definition) is 9. The van der Waals surface area contributed by atoms with Crippen molar-refractivity contribution in [1.82, 2.24) is 44.7 Å². The van der Waals surface area contributed by atoms with Crippen LogP contribution in [0.15, 0.2) is 61.4 Å². The van der Waals surface area contributed by atoms with E-state index in [9.17, 15) is 14.0 Å². The van der Waals surface area contributed by atoms with E-state index in [1.807, 2.05) is 28.9 Å². The van der Waals surface area contributed by atoms with Crippen LogP contribution in [0.2, 0.25) is 0 Å². The number of rotatable bonds is 7. The lowest BCUT2D eigenvalue weighted by atomic mass is 10.0. The van der Waals surface area contributed by atoms with Crippen LogP contribution in [-0.2, 0) is 6.54 Å². The summed E-state index contributed by atoms with van der Waals surface area (Å²) in [7, 11) is 1.43. The van der Waals surface area contributed by atoms with Crippen molar-refractivity contribution < 1.29 is 18.7 Å². The number of fused-ring (bicyclic) bond motifs is 1. The van der Waals surface area contributed by atoms with E-state index in [1.54, 1.807) is 4.90 Å². The van der Waals surface area contributed by atoms with E-state index in [1.165, 1.54) is 42.9 Å². The fourth-order valence-electron chi connectivity index (χ4n) is 5.40. The molecular formula is C29H29FN10O3. The Morgan fingerprint density at radius 2 is 1.98 bits per heavy atom. The van der Waals surface area contributed by atoms with E-state index in [4.69, 9.17) is 15.6 Å². The highest BCUT2D eigenvalue weighted by Crippen LogP contribution is 2.35. The number of hydrogen-bond donors (Lipinski definition) is 2. The van der Waals surface area contributed by atoms with Gasteiger partial charge >= 0.3 is 6.03 Å².